The average Bonchev–Trinajstić information content (AvgIpc) is 3.04. The highest BCUT2D eigenvalue weighted by Crippen LogP contribution is 2.37. The van der Waals surface area contributed by atoms with Crippen molar-refractivity contribution in [3.05, 3.63) is 94.5 Å². The van der Waals surface area contributed by atoms with Crippen LogP contribution in [0, 0.1) is 0 Å². The summed E-state index contributed by atoms with van der Waals surface area (Å²) in [6, 6.07) is 22.9. The molecule has 0 radical (unpaired) electrons. The minimum atomic E-state index is -0.488. The first-order valence-corrected chi connectivity index (χ1v) is 8.98. The van der Waals surface area contributed by atoms with E-state index < -0.39 is 6.23 Å². The number of carbonyl (C=O) groups is 1. The summed E-state index contributed by atoms with van der Waals surface area (Å²) >= 11 is 6.01. The van der Waals surface area contributed by atoms with Gasteiger partial charge in [0, 0.05) is 22.8 Å². The number of halogens is 1. The van der Waals surface area contributed by atoms with Gasteiger partial charge in [-0.05, 0) is 48.0 Å². The molecule has 3 aromatic rings. The Labute approximate surface area is 162 Å². The summed E-state index contributed by atoms with van der Waals surface area (Å²) in [7, 11) is 1.63. The fourth-order valence-electron chi connectivity index (χ4n) is 3.23. The van der Waals surface area contributed by atoms with Crippen molar-refractivity contribution in [1.29, 1.82) is 0 Å². The Hall–Kier alpha value is -2.98. The molecule has 0 aliphatic carbocycles. The highest BCUT2D eigenvalue weighted by Gasteiger charge is 2.35. The monoisotopic (exact) mass is 379 g/mol. The normalized spacial score (nSPS) is 15.2. The predicted octanol–water partition coefficient (Wildman–Crippen LogP) is 5.22. The molecule has 1 heterocycles. The molecule has 3 aromatic carbocycles. The van der Waals surface area contributed by atoms with Crippen LogP contribution in [0.15, 0.2) is 72.8 Å². The Morgan fingerprint density at radius 2 is 1.70 bits per heavy atom. The lowest BCUT2D eigenvalue weighted by atomic mass is 10.1. The van der Waals surface area contributed by atoms with E-state index in [0.29, 0.717) is 17.1 Å². The van der Waals surface area contributed by atoms with Crippen molar-refractivity contribution in [2.75, 3.05) is 12.0 Å². The maximum atomic E-state index is 12.3. The SMILES string of the molecule is COc1ccc(N(Cc2ccc(Cl)cc2)C2OC(=O)c3ccccc32)cc1. The number of cyclic esters (lactones) is 1. The number of methoxy groups -OCH3 is 1. The van der Waals surface area contributed by atoms with Gasteiger partial charge in [-0.15, -0.1) is 0 Å². The summed E-state index contributed by atoms with van der Waals surface area (Å²) in [5.41, 5.74) is 3.47. The highest BCUT2D eigenvalue weighted by molar-refractivity contribution is 6.30. The van der Waals surface area contributed by atoms with E-state index in [1.807, 2.05) is 66.7 Å². The van der Waals surface area contributed by atoms with Gasteiger partial charge < -0.3 is 14.4 Å². The van der Waals surface area contributed by atoms with Crippen LogP contribution in [-0.4, -0.2) is 13.1 Å². The molecule has 1 atom stereocenters. The van der Waals surface area contributed by atoms with Gasteiger partial charge >= 0.3 is 5.97 Å². The second kappa shape index (κ2) is 7.33. The molecule has 0 saturated carbocycles. The van der Waals surface area contributed by atoms with Crippen molar-refractivity contribution in [3.8, 4) is 5.75 Å². The number of nitrogens with zero attached hydrogens (tertiary/aromatic N) is 1. The van der Waals surface area contributed by atoms with Gasteiger partial charge in [0.15, 0.2) is 0 Å². The van der Waals surface area contributed by atoms with E-state index in [2.05, 4.69) is 4.90 Å². The van der Waals surface area contributed by atoms with Crippen LogP contribution in [0.25, 0.3) is 0 Å². The molecule has 5 heteroatoms. The van der Waals surface area contributed by atoms with Crippen molar-refractivity contribution < 1.29 is 14.3 Å². The van der Waals surface area contributed by atoms with Crippen molar-refractivity contribution in [2.45, 2.75) is 12.8 Å². The molecule has 1 unspecified atom stereocenters. The van der Waals surface area contributed by atoms with E-state index in [4.69, 9.17) is 21.1 Å². The Morgan fingerprint density at radius 1 is 1.00 bits per heavy atom. The van der Waals surface area contributed by atoms with Crippen LogP contribution in [0.2, 0.25) is 5.02 Å². The first-order chi connectivity index (χ1) is 13.2. The van der Waals surface area contributed by atoms with Crippen LogP contribution in [0.1, 0.15) is 27.7 Å². The van der Waals surface area contributed by atoms with E-state index in [-0.39, 0.29) is 5.97 Å². The molecule has 27 heavy (non-hydrogen) atoms. The topological polar surface area (TPSA) is 38.8 Å². The molecule has 0 N–H and O–H groups in total. The van der Waals surface area contributed by atoms with E-state index in [0.717, 1.165) is 22.6 Å². The Morgan fingerprint density at radius 3 is 2.41 bits per heavy atom. The molecule has 1 aliphatic heterocycles. The van der Waals surface area contributed by atoms with Crippen molar-refractivity contribution in [3.63, 3.8) is 0 Å². The van der Waals surface area contributed by atoms with Gasteiger partial charge in [-0.1, -0.05) is 41.9 Å². The molecule has 0 bridgehead atoms. The number of benzene rings is 3. The first kappa shape index (κ1) is 17.4. The second-order valence-electron chi connectivity index (χ2n) is 6.30. The zero-order valence-electron chi connectivity index (χ0n) is 14.8. The maximum absolute atomic E-state index is 12.3. The molecule has 0 amide bonds. The van der Waals surface area contributed by atoms with Crippen LogP contribution in [-0.2, 0) is 11.3 Å². The summed E-state index contributed by atoms with van der Waals surface area (Å²) in [5, 5.41) is 0.687. The fraction of sp³-hybridized carbons (Fsp3) is 0.136. The standard InChI is InChI=1S/C22H18ClNO3/c1-26-18-12-10-17(11-13-18)24(14-15-6-8-16(23)9-7-15)21-19-4-2-3-5-20(19)22(25)27-21/h2-13,21H,14H2,1H3. The Balaban J connectivity index is 1.73. The first-order valence-electron chi connectivity index (χ1n) is 8.61. The summed E-state index contributed by atoms with van der Waals surface area (Å²) < 4.78 is 11.0. The number of esters is 1. The summed E-state index contributed by atoms with van der Waals surface area (Å²) in [5.74, 6) is 0.472. The third-order valence-electron chi connectivity index (χ3n) is 4.62. The number of ether oxygens (including phenoxy) is 2. The molecule has 4 nitrogen and oxygen atoms in total. The third-order valence-corrected chi connectivity index (χ3v) is 4.87. The summed E-state index contributed by atoms with van der Waals surface area (Å²) in [6.45, 7) is 0.565. The summed E-state index contributed by atoms with van der Waals surface area (Å²) in [4.78, 5) is 14.4. The van der Waals surface area contributed by atoms with Crippen LogP contribution in [0.5, 0.6) is 5.75 Å². The number of hydrogen-bond acceptors (Lipinski definition) is 4. The molecule has 4 rings (SSSR count). The molecule has 0 spiro atoms. The minimum absolute atomic E-state index is 0.301. The molecule has 0 fully saturated rings. The lowest BCUT2D eigenvalue weighted by molar-refractivity contribution is 0.0374. The van der Waals surface area contributed by atoms with Gasteiger partial charge in [0.05, 0.1) is 12.7 Å². The smallest absolute Gasteiger partial charge is 0.340 e. The quantitative estimate of drug-likeness (QED) is 0.569. The number of fused-ring (bicyclic) bond motifs is 1. The van der Waals surface area contributed by atoms with E-state index >= 15 is 0 Å². The van der Waals surface area contributed by atoms with E-state index in [9.17, 15) is 4.79 Å². The zero-order valence-corrected chi connectivity index (χ0v) is 15.5. The van der Waals surface area contributed by atoms with Gasteiger partial charge in [-0.3, -0.25) is 0 Å². The van der Waals surface area contributed by atoms with Crippen molar-refractivity contribution in [2.24, 2.45) is 0 Å². The van der Waals surface area contributed by atoms with Crippen LogP contribution < -0.4 is 9.64 Å². The second-order valence-corrected chi connectivity index (χ2v) is 6.73. The Bertz CT molecular complexity index is 954. The fourth-order valence-corrected chi connectivity index (χ4v) is 3.35. The largest absolute Gasteiger partial charge is 0.497 e. The van der Waals surface area contributed by atoms with Crippen LogP contribution in [0.3, 0.4) is 0 Å². The van der Waals surface area contributed by atoms with Crippen molar-refractivity contribution >= 4 is 23.3 Å². The molecular weight excluding hydrogens is 362 g/mol. The summed E-state index contributed by atoms with van der Waals surface area (Å²) in [6.07, 6.45) is -0.488. The Kier molecular flexibility index (Phi) is 4.73. The molecule has 136 valence electrons. The third kappa shape index (κ3) is 3.49. The minimum Gasteiger partial charge on any atom is -0.497 e. The zero-order chi connectivity index (χ0) is 18.8. The molecule has 0 aromatic heterocycles. The van der Waals surface area contributed by atoms with Crippen molar-refractivity contribution in [1.82, 2.24) is 0 Å². The van der Waals surface area contributed by atoms with Gasteiger partial charge in [0.25, 0.3) is 0 Å². The molecule has 0 saturated heterocycles. The molecular formula is C22H18ClNO3. The van der Waals surface area contributed by atoms with E-state index in [1.54, 1.807) is 13.2 Å². The van der Waals surface area contributed by atoms with Gasteiger partial charge in [0.2, 0.25) is 6.23 Å². The predicted molar refractivity (Wildman–Crippen MR) is 105 cm³/mol. The van der Waals surface area contributed by atoms with Gasteiger partial charge in [-0.2, -0.15) is 0 Å². The highest BCUT2D eigenvalue weighted by atomic mass is 35.5. The van der Waals surface area contributed by atoms with Gasteiger partial charge in [-0.25, -0.2) is 4.79 Å². The number of rotatable bonds is 5. The van der Waals surface area contributed by atoms with Crippen LogP contribution in [0.4, 0.5) is 5.69 Å². The van der Waals surface area contributed by atoms with E-state index in [1.165, 1.54) is 0 Å². The number of carbonyl (C=O) groups excluding carboxylic acids is 1. The maximum Gasteiger partial charge on any atom is 0.340 e. The lowest BCUT2D eigenvalue weighted by Crippen LogP contribution is -2.28. The lowest BCUT2D eigenvalue weighted by Gasteiger charge is -2.30. The molecule has 1 aliphatic rings. The number of anilines is 1. The van der Waals surface area contributed by atoms with Crippen LogP contribution >= 0.6 is 11.6 Å². The van der Waals surface area contributed by atoms with Gasteiger partial charge in [0.1, 0.15) is 5.75 Å². The number of hydrogen-bond donors (Lipinski definition) is 0. The average molecular weight is 380 g/mol.